The van der Waals surface area contributed by atoms with Gasteiger partial charge in [0.25, 0.3) is 5.56 Å². The van der Waals surface area contributed by atoms with Gasteiger partial charge in [0.1, 0.15) is 16.6 Å². The summed E-state index contributed by atoms with van der Waals surface area (Å²) in [5.74, 6) is -0.151. The molecule has 2 aromatic heterocycles. The molecule has 3 aromatic rings. The Hall–Kier alpha value is -2.76. The van der Waals surface area contributed by atoms with Crippen LogP contribution >= 0.6 is 18.3 Å². The third kappa shape index (κ3) is 4.73. The van der Waals surface area contributed by atoms with Gasteiger partial charge in [0.2, 0.25) is 5.43 Å². The van der Waals surface area contributed by atoms with E-state index in [0.29, 0.717) is 13.0 Å². The zero-order valence-corrected chi connectivity index (χ0v) is 20.9. The lowest BCUT2D eigenvalue weighted by atomic mass is 9.92. The molecule has 1 aliphatic heterocycles. The molecule has 1 unspecified atom stereocenters. The molecule has 34 heavy (non-hydrogen) atoms. The van der Waals surface area contributed by atoms with Crippen molar-refractivity contribution in [2.75, 3.05) is 16.3 Å². The molecule has 1 atom stereocenters. The highest BCUT2D eigenvalue weighted by Gasteiger charge is 2.33. The number of nitrogens with one attached hydrogen (secondary N) is 3. The van der Waals surface area contributed by atoms with Crippen molar-refractivity contribution in [3.05, 3.63) is 62.3 Å². The molecule has 1 aromatic carbocycles. The second kappa shape index (κ2) is 8.17. The van der Waals surface area contributed by atoms with Crippen molar-refractivity contribution in [2.24, 2.45) is 5.41 Å². The lowest BCUT2D eigenvalue weighted by Crippen LogP contribution is -2.52. The molecule has 0 saturated carbocycles. The van der Waals surface area contributed by atoms with E-state index in [0.717, 1.165) is 0 Å². The number of aryl methyl sites for hydroxylation is 1. The van der Waals surface area contributed by atoms with Gasteiger partial charge >= 0.3 is 7.52 Å². The van der Waals surface area contributed by atoms with Crippen molar-refractivity contribution in [2.45, 2.75) is 33.7 Å². The third-order valence-electron chi connectivity index (χ3n) is 5.38. The van der Waals surface area contributed by atoms with Gasteiger partial charge in [-0.2, -0.15) is 0 Å². The quantitative estimate of drug-likeness (QED) is 0.289. The number of benzene rings is 1. The molecule has 4 rings (SSSR count). The summed E-state index contributed by atoms with van der Waals surface area (Å²) in [7, 11) is -7.37. The van der Waals surface area contributed by atoms with Crippen molar-refractivity contribution in [3.8, 4) is 0 Å². The lowest BCUT2D eigenvalue weighted by Gasteiger charge is -2.31. The maximum Gasteiger partial charge on any atom is 0.324 e. The minimum Gasteiger partial charge on any atom is -0.340 e. The van der Waals surface area contributed by atoms with Crippen LogP contribution in [0.5, 0.6) is 0 Å². The van der Waals surface area contributed by atoms with E-state index in [4.69, 9.17) is 0 Å². The van der Waals surface area contributed by atoms with Crippen molar-refractivity contribution >= 4 is 46.3 Å². The maximum absolute atomic E-state index is 13.5. The summed E-state index contributed by atoms with van der Waals surface area (Å²) < 4.78 is 37.9. The molecule has 1 aliphatic rings. The summed E-state index contributed by atoms with van der Waals surface area (Å²) in [5, 5.41) is 5.05. The Kier molecular flexibility index (Phi) is 5.86. The monoisotopic (exact) mass is 509 g/mol. The van der Waals surface area contributed by atoms with Gasteiger partial charge in [0, 0.05) is 19.0 Å². The molecule has 0 bridgehead atoms. The van der Waals surface area contributed by atoms with Crippen LogP contribution in [0.15, 0.2) is 46.1 Å². The maximum atomic E-state index is 13.5. The van der Waals surface area contributed by atoms with E-state index in [1.54, 1.807) is 18.3 Å². The summed E-state index contributed by atoms with van der Waals surface area (Å²) in [4.78, 5) is 37.4. The van der Waals surface area contributed by atoms with Crippen LogP contribution in [0.2, 0.25) is 0 Å². The third-order valence-corrected chi connectivity index (χ3v) is 7.55. The molecular formula is C21H28N5O6PS. The molecule has 0 spiro atoms. The van der Waals surface area contributed by atoms with Gasteiger partial charge in [-0.05, 0) is 42.2 Å². The minimum atomic E-state index is -4.27. The van der Waals surface area contributed by atoms with E-state index < -0.39 is 29.3 Å². The Morgan fingerprint density at radius 1 is 1.18 bits per heavy atom. The van der Waals surface area contributed by atoms with E-state index >= 15 is 0 Å². The summed E-state index contributed by atoms with van der Waals surface area (Å²) >= 11 is 0. The van der Waals surface area contributed by atoms with Crippen LogP contribution < -0.4 is 36.6 Å². The molecule has 184 valence electrons. The first kappa shape index (κ1) is 24.4. The molecule has 0 aliphatic carbocycles. The smallest absolute Gasteiger partial charge is 0.324 e. The standard InChI is InChI=1S/C21H28N5O6PS/c1-21(2,3)9-11-26-20(28)17(18(27)15-6-5-10-25(15)26)19-22-14-8-7-13(24-34(4,31)32)12-16(14)33(29,30)23-19/h5-8,10,12,22,24,31-32H,9,11H2,1-4H3,(H2,23,29,30). The lowest BCUT2D eigenvalue weighted by molar-refractivity contribution is 0.331. The second-order valence-electron chi connectivity index (χ2n) is 9.54. The number of anilines is 2. The van der Waals surface area contributed by atoms with Gasteiger partial charge in [-0.15, -0.1) is 10.8 Å². The van der Waals surface area contributed by atoms with Gasteiger partial charge in [-0.25, -0.2) is 4.68 Å². The summed E-state index contributed by atoms with van der Waals surface area (Å²) in [6.45, 7) is 6.49. The number of rotatable bonds is 4. The highest BCUT2D eigenvalue weighted by molar-refractivity contribution is 8.24. The topological polar surface area (TPSA) is 157 Å². The molecule has 0 fully saturated rings. The minimum absolute atomic E-state index is 0.0332. The molecule has 0 amide bonds. The van der Waals surface area contributed by atoms with Crippen LogP contribution in [0.1, 0.15) is 27.2 Å². The second-order valence-corrected chi connectivity index (χ2v) is 13.3. The normalized spacial score (nSPS) is 20.4. The average Bonchev–Trinajstić information content (AvgIpc) is 3.16. The molecule has 6 N–H and O–H groups in total. The number of fused-ring (bicyclic) bond motifs is 2. The predicted octanol–water partition coefficient (Wildman–Crippen LogP) is 1.92. The van der Waals surface area contributed by atoms with Crippen molar-refractivity contribution in [1.82, 2.24) is 14.3 Å². The molecule has 11 nitrogen and oxygen atoms in total. The number of aromatic nitrogens is 2. The predicted molar refractivity (Wildman–Crippen MR) is 136 cm³/mol. The fraction of sp³-hybridized carbons (Fsp3) is 0.333. The molecule has 3 heterocycles. The number of nitrogens with zero attached hydrogens (tertiary/aromatic N) is 2. The Labute approximate surface area is 197 Å². The first-order valence-electron chi connectivity index (χ1n) is 10.5. The SMILES string of the molecule is CC(C)(C)CCn1c(=O)c(=C2Nc3ccc(NS(C)(O)O)cc3P(=O)(O)N2)c(=O)c2cccn21. The number of hydrogen-bond donors (Lipinski definition) is 6. The van der Waals surface area contributed by atoms with Gasteiger partial charge in [0.15, 0.2) is 0 Å². The fourth-order valence-electron chi connectivity index (χ4n) is 3.75. The van der Waals surface area contributed by atoms with E-state index in [9.17, 15) is 28.2 Å². The van der Waals surface area contributed by atoms with Crippen LogP contribution in [0.4, 0.5) is 11.4 Å². The first-order valence-corrected chi connectivity index (χ1v) is 14.1. The van der Waals surface area contributed by atoms with Crippen LogP contribution in [-0.2, 0) is 11.1 Å². The van der Waals surface area contributed by atoms with Crippen LogP contribution in [0.25, 0.3) is 11.3 Å². The van der Waals surface area contributed by atoms with Crippen LogP contribution in [0, 0.1) is 5.41 Å². The first-order chi connectivity index (χ1) is 15.7. The average molecular weight is 510 g/mol. The molecule has 0 radical (unpaired) electrons. The zero-order chi connectivity index (χ0) is 25.1. The highest BCUT2D eigenvalue weighted by atomic mass is 32.3. The summed E-state index contributed by atoms with van der Waals surface area (Å²) in [6.07, 6.45) is 3.49. The Bertz CT molecular complexity index is 1500. The van der Waals surface area contributed by atoms with E-state index in [1.807, 2.05) is 20.8 Å². The Morgan fingerprint density at radius 2 is 1.88 bits per heavy atom. The van der Waals surface area contributed by atoms with Gasteiger partial charge in [-0.3, -0.25) is 37.6 Å². The molecular weight excluding hydrogens is 481 g/mol. The largest absolute Gasteiger partial charge is 0.340 e. The summed E-state index contributed by atoms with van der Waals surface area (Å²) in [6, 6.07) is 7.52. The van der Waals surface area contributed by atoms with Crippen LogP contribution in [0.3, 0.4) is 0 Å². The van der Waals surface area contributed by atoms with Gasteiger partial charge in [-0.1, -0.05) is 20.8 Å². The van der Waals surface area contributed by atoms with E-state index in [2.05, 4.69) is 15.1 Å². The Balaban J connectivity index is 1.91. The number of hydrogen-bond acceptors (Lipinski definition) is 7. The van der Waals surface area contributed by atoms with Crippen LogP contribution in [-0.4, -0.2) is 29.5 Å². The molecule has 0 saturated heterocycles. The fourth-order valence-corrected chi connectivity index (χ4v) is 5.69. The van der Waals surface area contributed by atoms with Gasteiger partial charge in [0.05, 0.1) is 16.7 Å². The summed E-state index contributed by atoms with van der Waals surface area (Å²) in [5.41, 5.74) is -0.505. The zero-order valence-electron chi connectivity index (χ0n) is 19.2. The highest BCUT2D eigenvalue weighted by Crippen LogP contribution is 2.44. The van der Waals surface area contributed by atoms with Gasteiger partial charge < -0.3 is 10.2 Å². The van der Waals surface area contributed by atoms with Crippen molar-refractivity contribution in [1.29, 1.82) is 0 Å². The molecule has 13 heteroatoms. The van der Waals surface area contributed by atoms with E-state index in [1.165, 1.54) is 33.7 Å². The Morgan fingerprint density at radius 3 is 2.53 bits per heavy atom. The van der Waals surface area contributed by atoms with Crippen molar-refractivity contribution in [3.63, 3.8) is 0 Å². The van der Waals surface area contributed by atoms with Crippen molar-refractivity contribution < 1.29 is 18.6 Å². The van der Waals surface area contributed by atoms with E-state index in [-0.39, 0.29) is 38.7 Å².